The van der Waals surface area contributed by atoms with Gasteiger partial charge in [0.2, 0.25) is 17.7 Å². The molecule has 6 nitrogen and oxygen atoms in total. The molecule has 0 aliphatic heterocycles. The maximum atomic E-state index is 12.9. The zero-order valence-electron chi connectivity index (χ0n) is 21.1. The van der Waals surface area contributed by atoms with E-state index in [1.807, 2.05) is 0 Å². The van der Waals surface area contributed by atoms with E-state index in [1.54, 1.807) is 35.3 Å². The van der Waals surface area contributed by atoms with Gasteiger partial charge in [0.15, 0.2) is 0 Å². The average molecular weight is 530 g/mol. The number of carbonyl (C=O) groups is 3. The number of hydrogen-bond donors (Lipinski definition) is 3. The first-order chi connectivity index (χ1) is 16.3. The minimum absolute atomic E-state index is 0.0837. The Morgan fingerprint density at radius 1 is 0.618 bits per heavy atom. The van der Waals surface area contributed by atoms with Crippen LogP contribution in [0.5, 0.6) is 0 Å². The number of carbonyl (C=O) groups excluding carboxylic acids is 3. The van der Waals surface area contributed by atoms with Crippen LogP contribution in [0.4, 0.5) is 0 Å². The summed E-state index contributed by atoms with van der Waals surface area (Å²) in [5.74, 6) is 5.00. The Morgan fingerprint density at radius 3 is 1.18 bits per heavy atom. The standard InChI is InChI=1S/C25H43N3O3S3/c1-4-7-32-13-20(29)26-23-10-19-11-24(16-23,27-21(30)14-33-8-5-2)18-25(12-19,17-23)28-22(31)15-34-9-6-3/h19H,4-18H2,1-3H3,(H,26,29)(H,27,30)(H,28,31). The van der Waals surface area contributed by atoms with Crippen molar-refractivity contribution in [3.8, 4) is 0 Å². The third-order valence-corrected chi connectivity index (χ3v) is 10.5. The van der Waals surface area contributed by atoms with Crippen molar-refractivity contribution in [2.75, 3.05) is 34.5 Å². The van der Waals surface area contributed by atoms with Crippen LogP contribution in [0.1, 0.15) is 78.6 Å². The molecule has 4 rings (SSSR count). The summed E-state index contributed by atoms with van der Waals surface area (Å²) in [5.41, 5.74) is -1.05. The second kappa shape index (κ2) is 12.6. The van der Waals surface area contributed by atoms with Crippen molar-refractivity contribution in [3.05, 3.63) is 0 Å². The van der Waals surface area contributed by atoms with E-state index < -0.39 is 0 Å². The maximum absolute atomic E-state index is 12.9. The molecule has 194 valence electrons. The Morgan fingerprint density at radius 2 is 0.912 bits per heavy atom. The van der Waals surface area contributed by atoms with Gasteiger partial charge in [-0.2, -0.15) is 35.3 Å². The average Bonchev–Trinajstić information content (AvgIpc) is 2.72. The van der Waals surface area contributed by atoms with E-state index in [1.165, 1.54) is 0 Å². The molecule has 3 N–H and O–H groups in total. The lowest BCUT2D eigenvalue weighted by Gasteiger charge is -2.66. The van der Waals surface area contributed by atoms with Crippen LogP contribution >= 0.6 is 35.3 Å². The molecule has 0 atom stereocenters. The zero-order valence-corrected chi connectivity index (χ0v) is 23.6. The predicted molar refractivity (Wildman–Crippen MR) is 147 cm³/mol. The van der Waals surface area contributed by atoms with Crippen molar-refractivity contribution in [3.63, 3.8) is 0 Å². The van der Waals surface area contributed by atoms with Gasteiger partial charge in [0.05, 0.1) is 17.3 Å². The summed E-state index contributed by atoms with van der Waals surface area (Å²) in [6, 6.07) is 0. The molecule has 4 saturated carbocycles. The van der Waals surface area contributed by atoms with E-state index in [0.717, 1.165) is 75.0 Å². The lowest BCUT2D eigenvalue weighted by molar-refractivity contribution is -0.136. The Labute approximate surface area is 218 Å². The summed E-state index contributed by atoms with van der Waals surface area (Å²) in [4.78, 5) is 38.7. The van der Waals surface area contributed by atoms with Gasteiger partial charge in [-0.05, 0) is 81.0 Å². The Balaban J connectivity index is 1.76. The van der Waals surface area contributed by atoms with Gasteiger partial charge in [-0.15, -0.1) is 0 Å². The van der Waals surface area contributed by atoms with Crippen molar-refractivity contribution < 1.29 is 14.4 Å². The highest BCUT2D eigenvalue weighted by molar-refractivity contribution is 8.00. The second-order valence-corrected chi connectivity index (χ2v) is 14.0. The van der Waals surface area contributed by atoms with E-state index in [2.05, 4.69) is 36.7 Å². The zero-order chi connectivity index (χ0) is 24.7. The van der Waals surface area contributed by atoms with Gasteiger partial charge < -0.3 is 16.0 Å². The normalized spacial score (nSPS) is 31.3. The van der Waals surface area contributed by atoms with Gasteiger partial charge in [0, 0.05) is 16.6 Å². The molecule has 4 fully saturated rings. The second-order valence-electron chi connectivity index (χ2n) is 10.7. The maximum Gasteiger partial charge on any atom is 0.230 e. The van der Waals surface area contributed by atoms with Crippen molar-refractivity contribution >= 4 is 53.0 Å². The van der Waals surface area contributed by atoms with Crippen LogP contribution in [0.3, 0.4) is 0 Å². The first-order valence-electron chi connectivity index (χ1n) is 12.9. The van der Waals surface area contributed by atoms with Gasteiger partial charge in [0.1, 0.15) is 0 Å². The smallest absolute Gasteiger partial charge is 0.230 e. The predicted octanol–water partition coefficient (Wildman–Crippen LogP) is 3.98. The molecule has 34 heavy (non-hydrogen) atoms. The van der Waals surface area contributed by atoms with E-state index in [9.17, 15) is 14.4 Å². The van der Waals surface area contributed by atoms with Gasteiger partial charge in [-0.3, -0.25) is 14.4 Å². The van der Waals surface area contributed by atoms with Crippen LogP contribution in [0.15, 0.2) is 0 Å². The lowest BCUT2D eigenvalue weighted by atomic mass is 9.47. The summed E-state index contributed by atoms with van der Waals surface area (Å²) in [6.45, 7) is 6.38. The third kappa shape index (κ3) is 7.48. The Kier molecular flexibility index (Phi) is 10.4. The first kappa shape index (κ1) is 28.0. The van der Waals surface area contributed by atoms with Crippen molar-refractivity contribution in [1.82, 2.24) is 16.0 Å². The molecule has 9 heteroatoms. The van der Waals surface area contributed by atoms with Crippen LogP contribution in [-0.2, 0) is 14.4 Å². The molecule has 0 aromatic heterocycles. The fourth-order valence-electron chi connectivity index (χ4n) is 6.78. The SMILES string of the molecule is CCCSCC(=O)NC12CC3CC(NC(=O)CSCCC)(C1)CC(NC(=O)CSCCC)(C3)C2. The third-order valence-electron chi connectivity index (χ3n) is 7.03. The number of thioether (sulfide) groups is 3. The molecule has 3 amide bonds. The molecule has 0 saturated heterocycles. The van der Waals surface area contributed by atoms with Gasteiger partial charge in [0.25, 0.3) is 0 Å². The van der Waals surface area contributed by atoms with Crippen molar-refractivity contribution in [2.45, 2.75) is 95.2 Å². The van der Waals surface area contributed by atoms with E-state index in [0.29, 0.717) is 23.2 Å². The Bertz CT molecular complexity index is 632. The van der Waals surface area contributed by atoms with Gasteiger partial charge >= 0.3 is 0 Å². The molecule has 0 radical (unpaired) electrons. The molecule has 0 heterocycles. The molecule has 4 aliphatic carbocycles. The quantitative estimate of drug-likeness (QED) is 0.278. The van der Waals surface area contributed by atoms with Crippen LogP contribution in [-0.4, -0.2) is 68.9 Å². The van der Waals surface area contributed by atoms with Crippen LogP contribution in [0, 0.1) is 5.92 Å². The largest absolute Gasteiger partial charge is 0.350 e. The number of rotatable bonds is 15. The van der Waals surface area contributed by atoms with Gasteiger partial charge in [-0.25, -0.2) is 0 Å². The molecule has 4 bridgehead atoms. The molecule has 0 aromatic rings. The van der Waals surface area contributed by atoms with Crippen LogP contribution < -0.4 is 16.0 Å². The summed E-state index contributed by atoms with van der Waals surface area (Å²) < 4.78 is 0. The summed E-state index contributed by atoms with van der Waals surface area (Å²) in [7, 11) is 0. The van der Waals surface area contributed by atoms with Gasteiger partial charge in [-0.1, -0.05) is 20.8 Å². The molecular weight excluding hydrogens is 486 g/mol. The molecule has 4 aliphatic rings. The highest BCUT2D eigenvalue weighted by Crippen LogP contribution is 2.59. The Hall–Kier alpha value is -0.540. The fourth-order valence-corrected chi connectivity index (χ4v) is 8.85. The van der Waals surface area contributed by atoms with E-state index in [4.69, 9.17) is 0 Å². The number of nitrogens with one attached hydrogen (secondary N) is 3. The highest BCUT2D eigenvalue weighted by atomic mass is 32.2. The summed E-state index contributed by atoms with van der Waals surface area (Å²) in [6.07, 6.45) is 8.32. The van der Waals surface area contributed by atoms with Crippen LogP contribution in [0.25, 0.3) is 0 Å². The monoisotopic (exact) mass is 529 g/mol. The number of amides is 3. The fraction of sp³-hybridized carbons (Fsp3) is 0.880. The number of hydrogen-bond acceptors (Lipinski definition) is 6. The lowest BCUT2D eigenvalue weighted by Crippen LogP contribution is -2.77. The molecule has 0 spiro atoms. The van der Waals surface area contributed by atoms with E-state index in [-0.39, 0.29) is 34.3 Å². The topological polar surface area (TPSA) is 87.3 Å². The molecule has 0 unspecified atom stereocenters. The first-order valence-corrected chi connectivity index (χ1v) is 16.4. The van der Waals surface area contributed by atoms with Crippen molar-refractivity contribution in [2.24, 2.45) is 5.92 Å². The van der Waals surface area contributed by atoms with Crippen molar-refractivity contribution in [1.29, 1.82) is 0 Å². The molecule has 0 aromatic carbocycles. The minimum Gasteiger partial charge on any atom is -0.350 e. The van der Waals surface area contributed by atoms with E-state index >= 15 is 0 Å². The van der Waals surface area contributed by atoms with Crippen LogP contribution in [0.2, 0.25) is 0 Å². The summed E-state index contributed by atoms with van der Waals surface area (Å²) in [5, 5.41) is 10.2. The minimum atomic E-state index is -0.350. The molecular formula is C25H43N3O3S3. The summed E-state index contributed by atoms with van der Waals surface area (Å²) >= 11 is 5.02. The highest BCUT2D eigenvalue weighted by Gasteiger charge is 2.64.